The van der Waals surface area contributed by atoms with Crippen molar-refractivity contribution in [2.24, 2.45) is 5.73 Å². The first-order chi connectivity index (χ1) is 12.9. The van der Waals surface area contributed by atoms with Crippen molar-refractivity contribution in [2.45, 2.75) is 6.04 Å². The van der Waals surface area contributed by atoms with Gasteiger partial charge in [-0.15, -0.1) is 0 Å². The molecule has 0 bridgehead atoms. The van der Waals surface area contributed by atoms with E-state index in [4.69, 9.17) is 15.2 Å². The Kier molecular flexibility index (Phi) is 4.90. The van der Waals surface area contributed by atoms with E-state index in [0.717, 1.165) is 0 Å². The Morgan fingerprint density at radius 1 is 1.19 bits per heavy atom. The molecule has 0 amide bonds. The highest BCUT2D eigenvalue weighted by atomic mass is 16.6. The fourth-order valence-corrected chi connectivity index (χ4v) is 2.55. The van der Waals surface area contributed by atoms with Gasteiger partial charge in [-0.05, 0) is 23.8 Å². The molecule has 1 aromatic heterocycles. The van der Waals surface area contributed by atoms with Crippen molar-refractivity contribution in [3.8, 4) is 28.6 Å². The molecule has 0 fully saturated rings. The van der Waals surface area contributed by atoms with Crippen LogP contribution in [0.1, 0.15) is 17.4 Å². The van der Waals surface area contributed by atoms with Gasteiger partial charge in [0.2, 0.25) is 0 Å². The van der Waals surface area contributed by atoms with Crippen LogP contribution in [0.2, 0.25) is 0 Å². The van der Waals surface area contributed by atoms with E-state index in [-0.39, 0.29) is 22.8 Å². The van der Waals surface area contributed by atoms with Gasteiger partial charge >= 0.3 is 0 Å². The normalized spacial score (nSPS) is 11.8. The number of aromatic amines is 1. The second kappa shape index (κ2) is 7.30. The number of hydrogen-bond donors (Lipinski definition) is 3. The van der Waals surface area contributed by atoms with Crippen LogP contribution in [0, 0.1) is 10.1 Å². The van der Waals surface area contributed by atoms with Crippen LogP contribution in [0.25, 0.3) is 11.4 Å². The van der Waals surface area contributed by atoms with Crippen LogP contribution < -0.4 is 15.2 Å². The number of aromatic hydroxyl groups is 1. The zero-order chi connectivity index (χ0) is 19.6. The number of phenols is 1. The molecule has 0 saturated heterocycles. The molecule has 10 nitrogen and oxygen atoms in total. The molecule has 0 unspecified atom stereocenters. The predicted molar refractivity (Wildman–Crippen MR) is 95.7 cm³/mol. The van der Waals surface area contributed by atoms with E-state index >= 15 is 0 Å². The van der Waals surface area contributed by atoms with Crippen LogP contribution in [0.4, 0.5) is 5.69 Å². The molecule has 3 rings (SSSR count). The van der Waals surface area contributed by atoms with E-state index in [2.05, 4.69) is 15.2 Å². The van der Waals surface area contributed by atoms with Crippen molar-refractivity contribution < 1.29 is 19.5 Å². The third-order valence-corrected chi connectivity index (χ3v) is 4.00. The minimum absolute atomic E-state index is 0.0992. The van der Waals surface area contributed by atoms with E-state index < -0.39 is 11.0 Å². The largest absolute Gasteiger partial charge is 0.507 e. The zero-order valence-corrected chi connectivity index (χ0v) is 14.5. The van der Waals surface area contributed by atoms with Crippen LogP contribution >= 0.6 is 0 Å². The smallest absolute Gasteiger partial charge is 0.270 e. The first-order valence-corrected chi connectivity index (χ1v) is 7.82. The fourth-order valence-electron chi connectivity index (χ4n) is 2.55. The topological polar surface area (TPSA) is 149 Å². The fraction of sp³-hybridized carbons (Fsp3) is 0.176. The standard InChI is InChI=1S/C17H17N5O5/c1-26-13-6-3-9(7-14(13)27-2)15(18)17-19-16(20-21-17)11-8-10(22(24)25)4-5-12(11)23/h3-8,15,23H,18H2,1-2H3,(H,19,20,21)/t15-/m1/s1. The number of ether oxygens (including phenoxy) is 2. The Hall–Kier alpha value is -3.66. The number of nitrogens with zero attached hydrogens (tertiary/aromatic N) is 3. The molecule has 140 valence electrons. The molecule has 4 N–H and O–H groups in total. The maximum Gasteiger partial charge on any atom is 0.270 e. The van der Waals surface area contributed by atoms with Gasteiger partial charge < -0.3 is 20.3 Å². The highest BCUT2D eigenvalue weighted by Crippen LogP contribution is 2.33. The van der Waals surface area contributed by atoms with Crippen molar-refractivity contribution in [2.75, 3.05) is 14.2 Å². The number of nitro groups is 1. The summed E-state index contributed by atoms with van der Waals surface area (Å²) < 4.78 is 10.5. The molecule has 0 spiro atoms. The van der Waals surface area contributed by atoms with Crippen LogP contribution in [0.3, 0.4) is 0 Å². The summed E-state index contributed by atoms with van der Waals surface area (Å²) in [6, 6.07) is 8.16. The van der Waals surface area contributed by atoms with Gasteiger partial charge in [0.05, 0.1) is 30.7 Å². The van der Waals surface area contributed by atoms with E-state index in [9.17, 15) is 15.2 Å². The van der Waals surface area contributed by atoms with Gasteiger partial charge in [0.15, 0.2) is 17.3 Å². The predicted octanol–water partition coefficient (Wildman–Crippen LogP) is 2.15. The quantitative estimate of drug-likeness (QED) is 0.441. The molecule has 3 aromatic rings. The monoisotopic (exact) mass is 371 g/mol. The van der Waals surface area contributed by atoms with E-state index in [0.29, 0.717) is 22.9 Å². The summed E-state index contributed by atoms with van der Waals surface area (Å²) in [4.78, 5) is 14.6. The van der Waals surface area contributed by atoms with E-state index in [1.165, 1.54) is 32.4 Å². The average molecular weight is 371 g/mol. The van der Waals surface area contributed by atoms with Crippen molar-refractivity contribution in [3.05, 3.63) is 57.9 Å². The second-order valence-electron chi connectivity index (χ2n) is 5.59. The maximum absolute atomic E-state index is 10.9. The summed E-state index contributed by atoms with van der Waals surface area (Å²) in [7, 11) is 3.05. The zero-order valence-electron chi connectivity index (χ0n) is 14.5. The number of nitrogens with one attached hydrogen (secondary N) is 1. The number of methoxy groups -OCH3 is 2. The number of non-ortho nitro benzene ring substituents is 1. The molecular weight excluding hydrogens is 354 g/mol. The number of nitro benzene ring substituents is 1. The summed E-state index contributed by atoms with van der Waals surface area (Å²) in [5.41, 5.74) is 6.88. The number of aromatic nitrogens is 3. The van der Waals surface area contributed by atoms with E-state index in [1.54, 1.807) is 18.2 Å². The lowest BCUT2D eigenvalue weighted by Gasteiger charge is -2.13. The van der Waals surface area contributed by atoms with Gasteiger partial charge in [-0.3, -0.25) is 15.2 Å². The molecule has 0 aliphatic carbocycles. The molecule has 1 heterocycles. The van der Waals surface area contributed by atoms with Gasteiger partial charge in [-0.2, -0.15) is 5.10 Å². The first-order valence-electron chi connectivity index (χ1n) is 7.82. The van der Waals surface area contributed by atoms with Gasteiger partial charge in [0.25, 0.3) is 5.69 Å². The van der Waals surface area contributed by atoms with Crippen molar-refractivity contribution in [1.82, 2.24) is 15.2 Å². The van der Waals surface area contributed by atoms with Crippen molar-refractivity contribution >= 4 is 5.69 Å². The SMILES string of the molecule is COc1ccc([C@@H](N)c2nc(-c3cc([N+](=O)[O-])ccc3O)n[nH]2)cc1OC. The minimum atomic E-state index is -0.660. The molecule has 10 heteroatoms. The Balaban J connectivity index is 1.94. The summed E-state index contributed by atoms with van der Waals surface area (Å²) >= 11 is 0. The van der Waals surface area contributed by atoms with Crippen molar-refractivity contribution in [1.29, 1.82) is 0 Å². The number of nitrogens with two attached hydrogens (primary N) is 1. The summed E-state index contributed by atoms with van der Waals surface area (Å²) in [5, 5.41) is 27.6. The maximum atomic E-state index is 10.9. The van der Waals surface area contributed by atoms with Gasteiger partial charge in [-0.25, -0.2) is 4.98 Å². The molecule has 0 saturated carbocycles. The van der Waals surface area contributed by atoms with Gasteiger partial charge in [0.1, 0.15) is 11.6 Å². The molecule has 2 aromatic carbocycles. The van der Waals surface area contributed by atoms with Crippen molar-refractivity contribution in [3.63, 3.8) is 0 Å². The van der Waals surface area contributed by atoms with E-state index in [1.807, 2.05) is 0 Å². The molecule has 0 aliphatic heterocycles. The van der Waals surface area contributed by atoms with Crippen LogP contribution in [0.15, 0.2) is 36.4 Å². The lowest BCUT2D eigenvalue weighted by atomic mass is 10.1. The van der Waals surface area contributed by atoms with Gasteiger partial charge in [0, 0.05) is 12.1 Å². The summed E-state index contributed by atoms with van der Waals surface area (Å²) in [6.45, 7) is 0. The van der Waals surface area contributed by atoms with Gasteiger partial charge in [-0.1, -0.05) is 6.07 Å². The first kappa shape index (κ1) is 18.1. The second-order valence-corrected chi connectivity index (χ2v) is 5.59. The molecular formula is C17H17N5O5. The molecule has 0 radical (unpaired) electrons. The number of hydrogen-bond acceptors (Lipinski definition) is 8. The molecule has 0 aliphatic rings. The third-order valence-electron chi connectivity index (χ3n) is 4.00. The lowest BCUT2D eigenvalue weighted by molar-refractivity contribution is -0.384. The molecule has 27 heavy (non-hydrogen) atoms. The van der Waals surface area contributed by atoms with Crippen LogP contribution in [-0.4, -0.2) is 39.4 Å². The minimum Gasteiger partial charge on any atom is -0.507 e. The summed E-state index contributed by atoms with van der Waals surface area (Å²) in [6.07, 6.45) is 0. The number of phenolic OH excluding ortho intramolecular Hbond substituents is 1. The third kappa shape index (κ3) is 3.51. The Bertz CT molecular complexity index is 988. The highest BCUT2D eigenvalue weighted by molar-refractivity contribution is 5.67. The van der Waals surface area contributed by atoms with Crippen LogP contribution in [-0.2, 0) is 0 Å². The lowest BCUT2D eigenvalue weighted by Crippen LogP contribution is -2.14. The Morgan fingerprint density at radius 3 is 2.59 bits per heavy atom. The Morgan fingerprint density at radius 2 is 1.93 bits per heavy atom. The number of benzene rings is 2. The Labute approximate surface area is 153 Å². The van der Waals surface area contributed by atoms with Crippen LogP contribution in [0.5, 0.6) is 17.2 Å². The number of rotatable bonds is 6. The number of H-pyrrole nitrogens is 1. The molecule has 1 atom stereocenters. The summed E-state index contributed by atoms with van der Waals surface area (Å²) in [5.74, 6) is 1.32. The highest BCUT2D eigenvalue weighted by Gasteiger charge is 2.20. The average Bonchev–Trinajstić information content (AvgIpc) is 3.16.